The third-order valence-electron chi connectivity index (χ3n) is 10.8. The van der Waals surface area contributed by atoms with Gasteiger partial charge >= 0.3 is 0 Å². The molecule has 1 saturated heterocycles. The number of nitrogens with one attached hydrogen (secondary N) is 3. The molecule has 0 saturated carbocycles. The normalized spacial score (nSPS) is 15.9. The Morgan fingerprint density at radius 2 is 1.79 bits per heavy atom. The van der Waals surface area contributed by atoms with Crippen LogP contribution in [0.3, 0.4) is 0 Å². The number of nitro groups is 1. The average Bonchev–Trinajstić information content (AvgIpc) is 3.69. The Morgan fingerprint density at radius 1 is 1.02 bits per heavy atom. The van der Waals surface area contributed by atoms with Crippen molar-refractivity contribution in [3.05, 3.63) is 123 Å². The van der Waals surface area contributed by atoms with E-state index in [0.717, 1.165) is 85.7 Å². The van der Waals surface area contributed by atoms with Crippen molar-refractivity contribution in [1.29, 1.82) is 5.26 Å². The smallest absolute Gasteiger partial charge is 0.293 e. The summed E-state index contributed by atoms with van der Waals surface area (Å²) >= 11 is 6.23. The summed E-state index contributed by atoms with van der Waals surface area (Å²) in [6.45, 7) is 8.76. The molecular formula is C43H44ClN7O6S. The number of hydrogen-bond acceptors (Lipinski definition) is 10. The summed E-state index contributed by atoms with van der Waals surface area (Å²) in [4.78, 5) is 32.3. The van der Waals surface area contributed by atoms with Gasteiger partial charge < -0.3 is 19.9 Å². The van der Waals surface area contributed by atoms with Crippen LogP contribution >= 0.6 is 11.6 Å². The molecule has 1 aromatic heterocycles. The summed E-state index contributed by atoms with van der Waals surface area (Å²) in [6.07, 6.45) is 5.06. The van der Waals surface area contributed by atoms with E-state index in [9.17, 15) is 23.3 Å². The van der Waals surface area contributed by atoms with Crippen LogP contribution < -0.4 is 19.7 Å². The number of carbonyl (C=O) groups is 1. The second-order valence-corrected chi connectivity index (χ2v) is 17.5. The molecule has 0 atom stereocenters. The monoisotopic (exact) mass is 821 g/mol. The SMILES string of the molecule is CC1(C)CCC(CN2CCN(c3ccc(C(=O)NS(=O)(=O)c4ccc(NCCC#N)c([N+](=O)[O-])c4)c(Oc4cccc5[nH]ccc45)c3)CC2)=C(c2ccc(Cl)cc2)C1. The number of nitriles is 1. The van der Waals surface area contributed by atoms with Gasteiger partial charge in [-0.3, -0.25) is 19.8 Å². The minimum atomic E-state index is -4.57. The van der Waals surface area contributed by atoms with Crippen molar-refractivity contribution in [1.82, 2.24) is 14.6 Å². The zero-order valence-corrected chi connectivity index (χ0v) is 33.8. The largest absolute Gasteiger partial charge is 0.456 e. The molecule has 15 heteroatoms. The number of amides is 1. The van der Waals surface area contributed by atoms with Crippen molar-refractivity contribution in [3.63, 3.8) is 0 Å². The van der Waals surface area contributed by atoms with Crippen LogP contribution in [0.5, 0.6) is 11.5 Å². The molecule has 0 bridgehead atoms. The summed E-state index contributed by atoms with van der Waals surface area (Å²) in [5, 5.41) is 24.9. The standard InChI is InChI=1S/C43H44ClN7O6S/c1-43(2)17-15-30(36(27-43)29-7-9-31(44)10-8-29)28-49-21-23-50(24-22-49)32-11-13-35(41(25-32)57-40-6-3-5-37-34(40)16-20-47-37)42(52)48-58(55,56)33-12-14-38(46-19-4-18-45)39(26-33)51(53)54/h3,5-14,16,20,25-26,46-47H,4,15,17,19,21-24,27-28H2,1-2H3,(H,48,52). The molecule has 2 heterocycles. The van der Waals surface area contributed by atoms with E-state index in [4.69, 9.17) is 21.6 Å². The fourth-order valence-corrected chi connectivity index (χ4v) is 8.72. The maximum absolute atomic E-state index is 13.8. The minimum absolute atomic E-state index is 0.0373. The molecule has 1 aliphatic heterocycles. The number of aromatic amines is 1. The van der Waals surface area contributed by atoms with Crippen LogP contribution in [0, 0.1) is 26.9 Å². The quantitative estimate of drug-likeness (QED) is 0.0592. The van der Waals surface area contributed by atoms with Gasteiger partial charge in [0.1, 0.15) is 17.2 Å². The van der Waals surface area contributed by atoms with Crippen LogP contribution in [0.25, 0.3) is 16.5 Å². The first kappa shape index (κ1) is 40.3. The fourth-order valence-electron chi connectivity index (χ4n) is 7.61. The topological polar surface area (TPSA) is 174 Å². The Morgan fingerprint density at radius 3 is 2.53 bits per heavy atom. The van der Waals surface area contributed by atoms with Gasteiger partial charge in [-0.1, -0.05) is 49.2 Å². The predicted molar refractivity (Wildman–Crippen MR) is 226 cm³/mol. The molecule has 1 amide bonds. The number of nitrogens with zero attached hydrogens (tertiary/aromatic N) is 4. The van der Waals surface area contributed by atoms with Crippen LogP contribution in [0.1, 0.15) is 55.5 Å². The highest BCUT2D eigenvalue weighted by atomic mass is 35.5. The number of halogens is 1. The Labute approximate surface area is 342 Å². The Hall–Kier alpha value is -5.88. The Balaban J connectivity index is 1.12. The Kier molecular flexibility index (Phi) is 11.8. The summed E-state index contributed by atoms with van der Waals surface area (Å²) in [7, 11) is -4.57. The number of nitro benzene ring substituents is 1. The van der Waals surface area contributed by atoms with Crippen LogP contribution in [-0.2, 0) is 10.0 Å². The van der Waals surface area contributed by atoms with E-state index in [1.54, 1.807) is 24.4 Å². The van der Waals surface area contributed by atoms with E-state index in [1.165, 1.54) is 28.8 Å². The first-order chi connectivity index (χ1) is 27.8. The second-order valence-electron chi connectivity index (χ2n) is 15.4. The molecular weight excluding hydrogens is 778 g/mol. The van der Waals surface area contributed by atoms with Gasteiger partial charge in [0.2, 0.25) is 0 Å². The molecule has 2 aliphatic rings. The van der Waals surface area contributed by atoms with Crippen molar-refractivity contribution in [2.75, 3.05) is 49.5 Å². The van der Waals surface area contributed by atoms with E-state index in [1.807, 2.05) is 36.4 Å². The minimum Gasteiger partial charge on any atom is -0.456 e. The number of anilines is 2. The molecule has 58 heavy (non-hydrogen) atoms. The summed E-state index contributed by atoms with van der Waals surface area (Å²) < 4.78 is 35.5. The van der Waals surface area contributed by atoms with Gasteiger partial charge in [-0.15, -0.1) is 0 Å². The van der Waals surface area contributed by atoms with Crippen LogP contribution in [-0.4, -0.2) is 68.4 Å². The van der Waals surface area contributed by atoms with Crippen LogP contribution in [0.2, 0.25) is 5.02 Å². The lowest BCUT2D eigenvalue weighted by Crippen LogP contribution is -2.47. The van der Waals surface area contributed by atoms with Gasteiger partial charge in [-0.2, -0.15) is 5.26 Å². The average molecular weight is 822 g/mol. The second kappa shape index (κ2) is 16.9. The number of H-pyrrole nitrogens is 1. The highest BCUT2D eigenvalue weighted by molar-refractivity contribution is 7.90. The highest BCUT2D eigenvalue weighted by Gasteiger charge is 2.30. The molecule has 7 rings (SSSR count). The Bertz CT molecular complexity index is 2540. The van der Waals surface area contributed by atoms with Gasteiger partial charge in [0.05, 0.1) is 27.9 Å². The third kappa shape index (κ3) is 9.12. The maximum atomic E-state index is 13.8. The molecule has 0 spiro atoms. The molecule has 300 valence electrons. The number of sulfonamides is 1. The van der Waals surface area contributed by atoms with Crippen molar-refractivity contribution in [2.45, 2.75) is 44.4 Å². The number of ether oxygens (including phenoxy) is 1. The molecule has 13 nitrogen and oxygen atoms in total. The van der Waals surface area contributed by atoms with Crippen LogP contribution in [0.15, 0.2) is 102 Å². The van der Waals surface area contributed by atoms with E-state index >= 15 is 0 Å². The van der Waals surface area contributed by atoms with E-state index in [-0.39, 0.29) is 35.4 Å². The molecule has 1 aliphatic carbocycles. The van der Waals surface area contributed by atoms with E-state index in [2.05, 4.69) is 50.8 Å². The molecule has 0 unspecified atom stereocenters. The van der Waals surface area contributed by atoms with Crippen molar-refractivity contribution in [2.24, 2.45) is 5.41 Å². The van der Waals surface area contributed by atoms with E-state index in [0.29, 0.717) is 5.75 Å². The van der Waals surface area contributed by atoms with Gasteiger partial charge in [0.25, 0.3) is 21.6 Å². The summed E-state index contributed by atoms with van der Waals surface area (Å²) in [5.74, 6) is -0.355. The number of hydrogen-bond donors (Lipinski definition) is 3. The first-order valence-electron chi connectivity index (χ1n) is 19.1. The summed E-state index contributed by atoms with van der Waals surface area (Å²) in [5.41, 5.74) is 5.46. The zero-order valence-electron chi connectivity index (χ0n) is 32.3. The summed E-state index contributed by atoms with van der Waals surface area (Å²) in [6, 6.07) is 25.8. The van der Waals surface area contributed by atoms with E-state index < -0.39 is 31.4 Å². The molecule has 5 aromatic rings. The lowest BCUT2D eigenvalue weighted by Gasteiger charge is -2.39. The fraction of sp³-hybridized carbons (Fsp3) is 0.302. The molecule has 4 aromatic carbocycles. The maximum Gasteiger partial charge on any atom is 0.293 e. The number of aromatic nitrogens is 1. The number of carbonyl (C=O) groups excluding carboxylic acids is 1. The van der Waals surface area contributed by atoms with Gasteiger partial charge in [0.15, 0.2) is 0 Å². The highest BCUT2D eigenvalue weighted by Crippen LogP contribution is 2.43. The predicted octanol–water partition coefficient (Wildman–Crippen LogP) is 8.75. The third-order valence-corrected chi connectivity index (χ3v) is 12.4. The molecule has 1 fully saturated rings. The van der Waals surface area contributed by atoms with Gasteiger partial charge in [-0.25, -0.2) is 13.1 Å². The number of rotatable bonds is 13. The zero-order chi connectivity index (χ0) is 41.0. The molecule has 0 radical (unpaired) electrons. The number of piperazine rings is 1. The van der Waals surface area contributed by atoms with Gasteiger partial charge in [-0.05, 0) is 90.4 Å². The van der Waals surface area contributed by atoms with Crippen molar-refractivity contribution in [3.8, 4) is 17.6 Å². The number of allylic oxidation sites excluding steroid dienone is 1. The lowest BCUT2D eigenvalue weighted by atomic mass is 9.72. The molecule has 3 N–H and O–H groups in total. The number of fused-ring (bicyclic) bond motifs is 1. The van der Waals surface area contributed by atoms with Gasteiger partial charge in [0, 0.05) is 79.2 Å². The van der Waals surface area contributed by atoms with Crippen LogP contribution in [0.4, 0.5) is 17.1 Å². The van der Waals surface area contributed by atoms with Crippen molar-refractivity contribution < 1.29 is 22.9 Å². The number of benzene rings is 4. The first-order valence-corrected chi connectivity index (χ1v) is 20.9. The van der Waals surface area contributed by atoms with Crippen molar-refractivity contribution >= 4 is 61.1 Å². The lowest BCUT2D eigenvalue weighted by molar-refractivity contribution is -0.384.